The molecule has 0 saturated carbocycles. The van der Waals surface area contributed by atoms with Crippen molar-refractivity contribution in [2.75, 3.05) is 12.8 Å². The average molecular weight is 193 g/mol. The zero-order chi connectivity index (χ0) is 10.7. The number of nitrogen functional groups attached to an aromatic ring is 1. The second-order valence-corrected chi connectivity index (χ2v) is 3.10. The van der Waals surface area contributed by atoms with Crippen molar-refractivity contribution in [2.45, 2.75) is 26.5 Å². The molecule has 4 heteroatoms. The molecule has 1 unspecified atom stereocenters. The lowest BCUT2D eigenvalue weighted by atomic mass is 10.3. The van der Waals surface area contributed by atoms with E-state index < -0.39 is 0 Å². The lowest BCUT2D eigenvalue weighted by molar-refractivity contribution is 0.117. The van der Waals surface area contributed by atoms with Crippen LogP contribution in [0.15, 0.2) is 0 Å². The van der Waals surface area contributed by atoms with Gasteiger partial charge in [-0.25, -0.2) is 4.98 Å². The number of ether oxygens (including phenoxy) is 1. The minimum Gasteiger partial charge on any atom is -0.383 e. The van der Waals surface area contributed by atoms with E-state index in [0.29, 0.717) is 12.4 Å². The van der Waals surface area contributed by atoms with E-state index in [-0.39, 0.29) is 6.10 Å². The third-order valence-electron chi connectivity index (χ3n) is 2.21. The molecule has 14 heavy (non-hydrogen) atoms. The fourth-order valence-electron chi connectivity index (χ4n) is 1.31. The van der Waals surface area contributed by atoms with E-state index >= 15 is 0 Å². The molecule has 1 heterocycles. The summed E-state index contributed by atoms with van der Waals surface area (Å²) >= 11 is 0. The molecule has 1 aromatic heterocycles. The summed E-state index contributed by atoms with van der Waals surface area (Å²) < 4.78 is 6.95. The van der Waals surface area contributed by atoms with Crippen LogP contribution in [0.2, 0.25) is 0 Å². The maximum Gasteiger partial charge on any atom is 0.130 e. The second-order valence-electron chi connectivity index (χ2n) is 3.10. The van der Waals surface area contributed by atoms with E-state index in [0.717, 1.165) is 11.5 Å². The van der Waals surface area contributed by atoms with Gasteiger partial charge in [-0.1, -0.05) is 5.92 Å². The highest BCUT2D eigenvalue weighted by atomic mass is 16.5. The molecule has 0 fully saturated rings. The summed E-state index contributed by atoms with van der Waals surface area (Å²) in [6.45, 7) is 4.22. The molecule has 0 radical (unpaired) electrons. The smallest absolute Gasteiger partial charge is 0.130 e. The quantitative estimate of drug-likeness (QED) is 0.732. The normalized spacial score (nSPS) is 12.4. The number of imidazole rings is 1. The highest BCUT2D eigenvalue weighted by molar-refractivity contribution is 5.40. The number of hydrogen-bond acceptors (Lipinski definition) is 3. The molecule has 1 atom stereocenters. The van der Waals surface area contributed by atoms with Crippen LogP contribution in [0.1, 0.15) is 24.5 Å². The number of aryl methyl sites for hydroxylation is 1. The Balaban J connectivity index is 3.11. The maximum absolute atomic E-state index is 5.89. The molecule has 0 saturated heterocycles. The van der Waals surface area contributed by atoms with Gasteiger partial charge in [0.1, 0.15) is 17.3 Å². The third-order valence-corrected chi connectivity index (χ3v) is 2.21. The van der Waals surface area contributed by atoms with Gasteiger partial charge in [-0.3, -0.25) is 0 Å². The predicted octanol–water partition coefficient (Wildman–Crippen LogP) is 1.11. The van der Waals surface area contributed by atoms with Gasteiger partial charge in [0.05, 0.1) is 12.6 Å². The molecule has 0 aliphatic heterocycles. The number of methoxy groups -OCH3 is 1. The van der Waals surface area contributed by atoms with E-state index in [4.69, 9.17) is 16.9 Å². The molecular weight excluding hydrogens is 178 g/mol. The molecule has 0 amide bonds. The Hall–Kier alpha value is -1.47. The van der Waals surface area contributed by atoms with Crippen molar-refractivity contribution in [3.8, 4) is 12.3 Å². The summed E-state index contributed by atoms with van der Waals surface area (Å²) in [7, 11) is 1.62. The number of nitrogens with zero attached hydrogens (tertiary/aromatic N) is 2. The SMILES string of the molecule is C#CCn1c(C)nc(C(C)OC)c1N. The zero-order valence-corrected chi connectivity index (χ0v) is 8.74. The van der Waals surface area contributed by atoms with E-state index in [2.05, 4.69) is 10.9 Å². The van der Waals surface area contributed by atoms with E-state index in [9.17, 15) is 0 Å². The fraction of sp³-hybridized carbons (Fsp3) is 0.500. The lowest BCUT2D eigenvalue weighted by Gasteiger charge is -2.07. The molecule has 4 nitrogen and oxygen atoms in total. The van der Waals surface area contributed by atoms with Gasteiger partial charge >= 0.3 is 0 Å². The third kappa shape index (κ3) is 1.73. The van der Waals surface area contributed by atoms with Crippen molar-refractivity contribution in [3.05, 3.63) is 11.5 Å². The van der Waals surface area contributed by atoms with Crippen molar-refractivity contribution >= 4 is 5.82 Å². The van der Waals surface area contributed by atoms with Crippen molar-refractivity contribution in [1.29, 1.82) is 0 Å². The van der Waals surface area contributed by atoms with Gasteiger partial charge in [-0.2, -0.15) is 0 Å². The zero-order valence-electron chi connectivity index (χ0n) is 8.74. The lowest BCUT2D eigenvalue weighted by Crippen LogP contribution is -2.06. The molecule has 1 aromatic rings. The molecule has 76 valence electrons. The summed E-state index contributed by atoms with van der Waals surface area (Å²) in [5, 5.41) is 0. The molecule has 2 N–H and O–H groups in total. The summed E-state index contributed by atoms with van der Waals surface area (Å²) in [5.74, 6) is 3.95. The Labute approximate surface area is 84.1 Å². The van der Waals surface area contributed by atoms with Crippen molar-refractivity contribution < 1.29 is 4.74 Å². The van der Waals surface area contributed by atoms with Crippen LogP contribution in [0.5, 0.6) is 0 Å². The van der Waals surface area contributed by atoms with Gasteiger partial charge in [0, 0.05) is 7.11 Å². The number of nitrogens with two attached hydrogens (primary N) is 1. The summed E-state index contributed by atoms with van der Waals surface area (Å²) in [6, 6.07) is 0. The average Bonchev–Trinajstić information content (AvgIpc) is 2.45. The number of rotatable bonds is 3. The summed E-state index contributed by atoms with van der Waals surface area (Å²) in [5.41, 5.74) is 6.64. The van der Waals surface area contributed by atoms with E-state index in [1.807, 2.05) is 13.8 Å². The largest absolute Gasteiger partial charge is 0.383 e. The van der Waals surface area contributed by atoms with E-state index in [1.54, 1.807) is 11.7 Å². The van der Waals surface area contributed by atoms with Crippen molar-refractivity contribution in [1.82, 2.24) is 9.55 Å². The molecule has 0 aliphatic rings. The highest BCUT2D eigenvalue weighted by Gasteiger charge is 2.16. The topological polar surface area (TPSA) is 53.1 Å². The van der Waals surface area contributed by atoms with Crippen LogP contribution in [-0.4, -0.2) is 16.7 Å². The minimum atomic E-state index is -0.104. The number of terminal acetylenes is 1. The van der Waals surface area contributed by atoms with E-state index in [1.165, 1.54) is 0 Å². The van der Waals surface area contributed by atoms with Crippen molar-refractivity contribution in [3.63, 3.8) is 0 Å². The van der Waals surface area contributed by atoms with Gasteiger partial charge in [0.25, 0.3) is 0 Å². The van der Waals surface area contributed by atoms with Gasteiger partial charge in [-0.15, -0.1) is 6.42 Å². The Bertz CT molecular complexity index is 362. The Morgan fingerprint density at radius 1 is 1.71 bits per heavy atom. The molecule has 1 rings (SSSR count). The standard InChI is InChI=1S/C10H15N3O/c1-5-6-13-8(3)12-9(10(13)11)7(2)14-4/h1,7H,6,11H2,2-4H3. The fourth-order valence-corrected chi connectivity index (χ4v) is 1.31. The maximum atomic E-state index is 5.89. The van der Waals surface area contributed by atoms with Gasteiger partial charge in [-0.05, 0) is 13.8 Å². The first-order valence-corrected chi connectivity index (χ1v) is 4.40. The number of anilines is 1. The van der Waals surface area contributed by atoms with Crippen LogP contribution in [0.25, 0.3) is 0 Å². The molecule has 0 aromatic carbocycles. The van der Waals surface area contributed by atoms with Crippen LogP contribution < -0.4 is 5.73 Å². The van der Waals surface area contributed by atoms with Crippen LogP contribution in [-0.2, 0) is 11.3 Å². The number of hydrogen-bond donors (Lipinski definition) is 1. The first-order valence-electron chi connectivity index (χ1n) is 4.40. The molecule has 0 bridgehead atoms. The summed E-state index contributed by atoms with van der Waals surface area (Å²) in [4.78, 5) is 4.32. The minimum absolute atomic E-state index is 0.104. The van der Waals surface area contributed by atoms with Gasteiger partial charge in [0.15, 0.2) is 0 Å². The Morgan fingerprint density at radius 2 is 2.36 bits per heavy atom. The van der Waals surface area contributed by atoms with Crippen LogP contribution >= 0.6 is 0 Å². The monoisotopic (exact) mass is 193 g/mol. The second kappa shape index (κ2) is 4.16. The van der Waals surface area contributed by atoms with Gasteiger partial charge < -0.3 is 15.0 Å². The molecular formula is C10H15N3O. The van der Waals surface area contributed by atoms with Crippen LogP contribution in [0, 0.1) is 19.3 Å². The van der Waals surface area contributed by atoms with Crippen LogP contribution in [0.4, 0.5) is 5.82 Å². The number of aromatic nitrogens is 2. The first kappa shape index (κ1) is 10.6. The van der Waals surface area contributed by atoms with Crippen molar-refractivity contribution in [2.24, 2.45) is 0 Å². The Morgan fingerprint density at radius 3 is 2.86 bits per heavy atom. The molecule has 0 aliphatic carbocycles. The van der Waals surface area contributed by atoms with Crippen LogP contribution in [0.3, 0.4) is 0 Å². The predicted molar refractivity (Wildman–Crippen MR) is 55.6 cm³/mol. The first-order chi connectivity index (χ1) is 6.61. The summed E-state index contributed by atoms with van der Waals surface area (Å²) in [6.07, 6.45) is 5.13. The Kier molecular flexibility index (Phi) is 3.15. The van der Waals surface area contributed by atoms with Gasteiger partial charge in [0.2, 0.25) is 0 Å². The molecule has 0 spiro atoms. The highest BCUT2D eigenvalue weighted by Crippen LogP contribution is 2.22.